The molecule has 0 aromatic carbocycles. The first-order chi connectivity index (χ1) is 12.9. The second kappa shape index (κ2) is 7.08. The van der Waals surface area contributed by atoms with E-state index < -0.39 is 23.2 Å². The molecule has 28 heavy (non-hydrogen) atoms. The lowest BCUT2D eigenvalue weighted by atomic mass is 9.78. The second-order valence-corrected chi connectivity index (χ2v) is 8.67. The number of hydrogen-bond donors (Lipinski definition) is 0. The Morgan fingerprint density at radius 1 is 1.14 bits per heavy atom. The molecule has 0 aliphatic carbocycles. The molecule has 0 N–H and O–H groups in total. The monoisotopic (exact) mass is 403 g/mol. The molecule has 3 heterocycles. The Labute approximate surface area is 161 Å². The number of carbonyl (C=O) groups is 1. The summed E-state index contributed by atoms with van der Waals surface area (Å²) in [5, 5.41) is 0. The van der Waals surface area contributed by atoms with Gasteiger partial charge in [-0.2, -0.15) is 13.2 Å². The molecule has 2 fully saturated rings. The lowest BCUT2D eigenvalue weighted by Gasteiger charge is -2.39. The number of pyridine rings is 1. The van der Waals surface area contributed by atoms with Crippen molar-refractivity contribution in [2.45, 2.75) is 51.8 Å². The van der Waals surface area contributed by atoms with E-state index in [2.05, 4.69) is 4.98 Å². The molecule has 0 radical (unpaired) electrons. The van der Waals surface area contributed by atoms with Crippen LogP contribution < -0.4 is 4.90 Å². The van der Waals surface area contributed by atoms with E-state index >= 15 is 0 Å². The van der Waals surface area contributed by atoms with Crippen LogP contribution >= 0.6 is 0 Å². The fraction of sp³-hybridized carbons (Fsp3) is 0.684. The minimum absolute atomic E-state index is 0.0422. The van der Waals surface area contributed by atoms with Gasteiger partial charge in [0, 0.05) is 32.4 Å². The van der Waals surface area contributed by atoms with E-state index in [1.807, 2.05) is 20.8 Å². The predicted octanol–water partition coefficient (Wildman–Crippen LogP) is 4.47. The van der Waals surface area contributed by atoms with Gasteiger partial charge in [0.25, 0.3) is 0 Å². The van der Waals surface area contributed by atoms with Crippen LogP contribution in [-0.2, 0) is 10.9 Å². The van der Waals surface area contributed by atoms with Crippen molar-refractivity contribution in [2.24, 2.45) is 5.41 Å². The van der Waals surface area contributed by atoms with Crippen molar-refractivity contribution in [3.63, 3.8) is 0 Å². The summed E-state index contributed by atoms with van der Waals surface area (Å²) in [7, 11) is 0. The minimum Gasteiger partial charge on any atom is -0.444 e. The van der Waals surface area contributed by atoms with E-state index in [9.17, 15) is 22.4 Å². The van der Waals surface area contributed by atoms with Gasteiger partial charge in [0.1, 0.15) is 5.60 Å². The molecular weight excluding hydrogens is 378 g/mol. The van der Waals surface area contributed by atoms with Gasteiger partial charge in [-0.25, -0.2) is 14.2 Å². The Kier molecular flexibility index (Phi) is 5.22. The summed E-state index contributed by atoms with van der Waals surface area (Å²) in [5.74, 6) is -1.00. The van der Waals surface area contributed by atoms with Gasteiger partial charge < -0.3 is 14.5 Å². The number of hydrogen-bond acceptors (Lipinski definition) is 4. The zero-order chi connectivity index (χ0) is 20.7. The van der Waals surface area contributed by atoms with Crippen LogP contribution in [0.3, 0.4) is 0 Å². The van der Waals surface area contributed by atoms with Crippen molar-refractivity contribution in [1.82, 2.24) is 9.88 Å². The largest absolute Gasteiger partial charge is 0.444 e. The standard InChI is InChI=1S/C19H25F4N3O2/c1-17(2,3)28-16(27)25-7-4-18(5-8-25)6-9-26(12-18)15-14(20)10-13(11-24-15)19(21,22)23/h10-11H,4-9,12H2,1-3H3. The summed E-state index contributed by atoms with van der Waals surface area (Å²) in [6, 6.07) is 0.498. The first kappa shape index (κ1) is 20.7. The van der Waals surface area contributed by atoms with E-state index in [0.717, 1.165) is 19.3 Å². The van der Waals surface area contributed by atoms with Gasteiger partial charge in [-0.1, -0.05) is 0 Å². The van der Waals surface area contributed by atoms with Gasteiger partial charge in [0.2, 0.25) is 0 Å². The number of rotatable bonds is 1. The highest BCUT2D eigenvalue weighted by Crippen LogP contribution is 2.42. The summed E-state index contributed by atoms with van der Waals surface area (Å²) < 4.78 is 57.8. The molecule has 3 rings (SSSR count). The van der Waals surface area contributed by atoms with Crippen LogP contribution in [-0.4, -0.2) is 47.8 Å². The maximum atomic E-state index is 14.2. The van der Waals surface area contributed by atoms with Crippen molar-refractivity contribution in [1.29, 1.82) is 0 Å². The van der Waals surface area contributed by atoms with Crippen LogP contribution in [0.1, 0.15) is 45.6 Å². The van der Waals surface area contributed by atoms with Gasteiger partial charge >= 0.3 is 12.3 Å². The number of alkyl halides is 3. The molecular formula is C19H25F4N3O2. The molecule has 5 nitrogen and oxygen atoms in total. The Bertz CT molecular complexity index is 738. The highest BCUT2D eigenvalue weighted by molar-refractivity contribution is 5.68. The number of anilines is 1. The Hall–Kier alpha value is -2.06. The maximum absolute atomic E-state index is 14.2. The third-order valence-corrected chi connectivity index (χ3v) is 5.36. The maximum Gasteiger partial charge on any atom is 0.417 e. The molecule has 0 bridgehead atoms. The molecule has 2 aliphatic heterocycles. The van der Waals surface area contributed by atoms with Crippen LogP contribution in [0.15, 0.2) is 12.3 Å². The van der Waals surface area contributed by atoms with Crippen molar-refractivity contribution in [3.8, 4) is 0 Å². The highest BCUT2D eigenvalue weighted by Gasteiger charge is 2.43. The molecule has 156 valence electrons. The summed E-state index contributed by atoms with van der Waals surface area (Å²) in [6.45, 7) is 7.59. The van der Waals surface area contributed by atoms with Crippen molar-refractivity contribution < 1.29 is 27.1 Å². The lowest BCUT2D eigenvalue weighted by Crippen LogP contribution is -2.46. The quantitative estimate of drug-likeness (QED) is 0.650. The molecule has 2 aliphatic rings. The first-order valence-corrected chi connectivity index (χ1v) is 9.34. The number of nitrogens with zero attached hydrogens (tertiary/aromatic N) is 3. The van der Waals surface area contributed by atoms with Gasteiger partial charge in [0.05, 0.1) is 5.56 Å². The molecule has 1 aromatic heterocycles. The van der Waals surface area contributed by atoms with Gasteiger partial charge in [-0.05, 0) is 51.5 Å². The molecule has 0 unspecified atom stereocenters. The van der Waals surface area contributed by atoms with E-state index in [-0.39, 0.29) is 17.3 Å². The fourth-order valence-electron chi connectivity index (χ4n) is 3.83. The summed E-state index contributed by atoms with van der Waals surface area (Å²) in [5.41, 5.74) is -1.73. The van der Waals surface area contributed by atoms with Crippen molar-refractivity contribution >= 4 is 11.9 Å². The molecule has 9 heteroatoms. The Morgan fingerprint density at radius 3 is 2.29 bits per heavy atom. The summed E-state index contributed by atoms with van der Waals surface area (Å²) in [6.07, 6.45) is -2.01. The van der Waals surface area contributed by atoms with Gasteiger partial charge in [-0.3, -0.25) is 0 Å². The minimum atomic E-state index is -4.62. The highest BCUT2D eigenvalue weighted by atomic mass is 19.4. The van der Waals surface area contributed by atoms with E-state index in [0.29, 0.717) is 38.4 Å². The fourth-order valence-corrected chi connectivity index (χ4v) is 3.83. The topological polar surface area (TPSA) is 45.7 Å². The number of piperidine rings is 1. The zero-order valence-electron chi connectivity index (χ0n) is 16.3. The van der Waals surface area contributed by atoms with Crippen molar-refractivity contribution in [3.05, 3.63) is 23.6 Å². The number of aromatic nitrogens is 1. The van der Waals surface area contributed by atoms with Crippen LogP contribution in [0.5, 0.6) is 0 Å². The van der Waals surface area contributed by atoms with Gasteiger partial charge in [0.15, 0.2) is 11.6 Å². The average molecular weight is 403 g/mol. The van der Waals surface area contributed by atoms with E-state index in [1.54, 1.807) is 9.80 Å². The van der Waals surface area contributed by atoms with Crippen molar-refractivity contribution in [2.75, 3.05) is 31.1 Å². The molecule has 0 atom stereocenters. The SMILES string of the molecule is CC(C)(C)OC(=O)N1CCC2(CC1)CCN(c1ncc(C(F)(F)F)cc1F)C2. The van der Waals surface area contributed by atoms with E-state index in [1.165, 1.54) is 0 Å². The number of likely N-dealkylation sites (tertiary alicyclic amines) is 1. The smallest absolute Gasteiger partial charge is 0.417 e. The van der Waals surface area contributed by atoms with Gasteiger partial charge in [-0.15, -0.1) is 0 Å². The lowest BCUT2D eigenvalue weighted by molar-refractivity contribution is -0.138. The zero-order valence-corrected chi connectivity index (χ0v) is 16.3. The molecule has 1 aromatic rings. The van der Waals surface area contributed by atoms with Crippen LogP contribution in [0.2, 0.25) is 0 Å². The number of halogens is 4. The number of carbonyl (C=O) groups excluding carboxylic acids is 1. The van der Waals surface area contributed by atoms with E-state index in [4.69, 9.17) is 4.74 Å². The summed E-state index contributed by atoms with van der Waals surface area (Å²) in [4.78, 5) is 19.3. The molecule has 0 saturated carbocycles. The predicted molar refractivity (Wildman–Crippen MR) is 95.5 cm³/mol. The normalized spacial score (nSPS) is 20.0. The number of amides is 1. The Morgan fingerprint density at radius 2 is 1.75 bits per heavy atom. The first-order valence-electron chi connectivity index (χ1n) is 9.34. The third kappa shape index (κ3) is 4.50. The summed E-state index contributed by atoms with van der Waals surface area (Å²) >= 11 is 0. The number of ether oxygens (including phenoxy) is 1. The molecule has 2 saturated heterocycles. The third-order valence-electron chi connectivity index (χ3n) is 5.36. The second-order valence-electron chi connectivity index (χ2n) is 8.67. The Balaban J connectivity index is 1.63. The molecule has 1 spiro atoms. The molecule has 1 amide bonds. The van der Waals surface area contributed by atoms with Crippen LogP contribution in [0.4, 0.5) is 28.2 Å². The van der Waals surface area contributed by atoms with Crippen LogP contribution in [0.25, 0.3) is 0 Å². The average Bonchev–Trinajstić information content (AvgIpc) is 2.96. The van der Waals surface area contributed by atoms with Crippen LogP contribution in [0, 0.1) is 11.2 Å².